The van der Waals surface area contributed by atoms with E-state index in [4.69, 9.17) is 0 Å². The molecule has 106 valence electrons. The van der Waals surface area contributed by atoms with E-state index in [0.717, 1.165) is 32.1 Å². The lowest BCUT2D eigenvalue weighted by atomic mass is 9.60. The average molecular weight is 262 g/mol. The van der Waals surface area contributed by atoms with Crippen LogP contribution in [0.25, 0.3) is 0 Å². The van der Waals surface area contributed by atoms with Crippen LogP contribution in [0.4, 0.5) is 13.2 Å². The first-order valence-corrected chi connectivity index (χ1v) is 7.48. The third kappa shape index (κ3) is 2.85. The Kier molecular flexibility index (Phi) is 4.28. The highest BCUT2D eigenvalue weighted by Gasteiger charge is 2.50. The Morgan fingerprint density at radius 1 is 0.778 bits per heavy atom. The summed E-state index contributed by atoms with van der Waals surface area (Å²) in [6, 6.07) is 0. The highest BCUT2D eigenvalue weighted by atomic mass is 19.4. The van der Waals surface area contributed by atoms with Gasteiger partial charge in [0.25, 0.3) is 0 Å². The molecule has 0 amide bonds. The molecule has 0 aromatic carbocycles. The first-order chi connectivity index (χ1) is 8.41. The molecule has 0 heterocycles. The van der Waals surface area contributed by atoms with E-state index in [1.807, 2.05) is 6.92 Å². The zero-order valence-electron chi connectivity index (χ0n) is 11.5. The van der Waals surface area contributed by atoms with Gasteiger partial charge in [0.15, 0.2) is 0 Å². The first kappa shape index (κ1) is 14.2. The molecule has 0 aromatic heterocycles. The number of alkyl halides is 3. The molecule has 0 radical (unpaired) electrons. The summed E-state index contributed by atoms with van der Waals surface area (Å²) >= 11 is 0. The maximum atomic E-state index is 13.2. The molecule has 0 aromatic rings. The first-order valence-electron chi connectivity index (χ1n) is 7.48. The maximum Gasteiger partial charge on any atom is 0.392 e. The molecule has 0 aliphatic heterocycles. The van der Waals surface area contributed by atoms with Gasteiger partial charge in [0.05, 0.1) is 5.92 Å². The van der Waals surface area contributed by atoms with E-state index in [1.54, 1.807) is 0 Å². The Hall–Kier alpha value is -0.210. The van der Waals surface area contributed by atoms with Crippen LogP contribution < -0.4 is 0 Å². The molecule has 5 atom stereocenters. The quantitative estimate of drug-likeness (QED) is 0.591. The van der Waals surface area contributed by atoms with Crippen molar-refractivity contribution in [3.8, 4) is 0 Å². The monoisotopic (exact) mass is 262 g/mol. The number of hydrogen-bond acceptors (Lipinski definition) is 0. The van der Waals surface area contributed by atoms with Gasteiger partial charge in [0.1, 0.15) is 0 Å². The van der Waals surface area contributed by atoms with Crippen LogP contribution in [0.5, 0.6) is 0 Å². The summed E-state index contributed by atoms with van der Waals surface area (Å²) < 4.78 is 39.7. The van der Waals surface area contributed by atoms with Crippen molar-refractivity contribution in [2.45, 2.75) is 65.0 Å². The van der Waals surface area contributed by atoms with Crippen LogP contribution in [0.1, 0.15) is 58.8 Å². The van der Waals surface area contributed by atoms with Crippen molar-refractivity contribution in [3.05, 3.63) is 0 Å². The van der Waals surface area contributed by atoms with Gasteiger partial charge < -0.3 is 0 Å². The summed E-state index contributed by atoms with van der Waals surface area (Å²) in [5.41, 5.74) is 0. The lowest BCUT2D eigenvalue weighted by molar-refractivity contribution is -0.211. The normalized spacial score (nSPS) is 42.8. The van der Waals surface area contributed by atoms with Gasteiger partial charge in [0.2, 0.25) is 0 Å². The van der Waals surface area contributed by atoms with E-state index in [0.29, 0.717) is 18.3 Å². The molecule has 0 N–H and O–H groups in total. The van der Waals surface area contributed by atoms with Crippen LogP contribution in [-0.4, -0.2) is 6.18 Å². The van der Waals surface area contributed by atoms with Crippen LogP contribution >= 0.6 is 0 Å². The molecule has 2 rings (SSSR count). The summed E-state index contributed by atoms with van der Waals surface area (Å²) in [5, 5.41) is 0. The second-order valence-electron chi connectivity index (χ2n) is 6.56. The Labute approximate surface area is 108 Å². The maximum absolute atomic E-state index is 13.2. The van der Waals surface area contributed by atoms with Crippen LogP contribution in [0.15, 0.2) is 0 Å². The Bertz CT molecular complexity index is 271. The lowest BCUT2D eigenvalue weighted by Gasteiger charge is -2.46. The molecule has 0 bridgehead atoms. The largest absolute Gasteiger partial charge is 0.392 e. The molecule has 2 saturated carbocycles. The molecule has 2 aliphatic rings. The van der Waals surface area contributed by atoms with E-state index in [9.17, 15) is 13.2 Å². The summed E-state index contributed by atoms with van der Waals surface area (Å²) in [7, 11) is 0. The fraction of sp³-hybridized carbons (Fsp3) is 1.00. The van der Waals surface area contributed by atoms with Crippen molar-refractivity contribution in [2.75, 3.05) is 0 Å². The van der Waals surface area contributed by atoms with Gasteiger partial charge in [-0.05, 0) is 36.5 Å². The third-order valence-electron chi connectivity index (χ3n) is 5.39. The predicted octanol–water partition coefficient (Wildman–Crippen LogP) is 5.43. The molecule has 3 heteroatoms. The van der Waals surface area contributed by atoms with Gasteiger partial charge in [-0.1, -0.05) is 46.0 Å². The summed E-state index contributed by atoms with van der Waals surface area (Å²) in [6.07, 6.45) is 2.58. The SMILES string of the molecule is CC1CCCCC1C1C(C)CCCC1C(F)(F)F. The average Bonchev–Trinajstić information content (AvgIpc) is 2.29. The standard InChI is InChI=1S/C15H25F3/c1-10-6-3-4-8-12(10)14-11(2)7-5-9-13(14)15(16,17)18/h10-14H,3-9H2,1-2H3. The molecule has 0 nitrogen and oxygen atoms in total. The Morgan fingerprint density at radius 2 is 1.39 bits per heavy atom. The zero-order valence-corrected chi connectivity index (χ0v) is 11.5. The topological polar surface area (TPSA) is 0 Å². The summed E-state index contributed by atoms with van der Waals surface area (Å²) in [6.45, 7) is 4.21. The van der Waals surface area contributed by atoms with Crippen molar-refractivity contribution < 1.29 is 13.2 Å². The zero-order chi connectivity index (χ0) is 13.3. The van der Waals surface area contributed by atoms with Gasteiger partial charge in [-0.25, -0.2) is 0 Å². The third-order valence-corrected chi connectivity index (χ3v) is 5.39. The molecule has 0 spiro atoms. The second-order valence-corrected chi connectivity index (χ2v) is 6.56. The fourth-order valence-corrected chi connectivity index (χ4v) is 4.46. The van der Waals surface area contributed by atoms with Crippen LogP contribution in [0.2, 0.25) is 0 Å². The second kappa shape index (κ2) is 5.42. The van der Waals surface area contributed by atoms with Crippen molar-refractivity contribution in [2.24, 2.45) is 29.6 Å². The smallest absolute Gasteiger partial charge is 0.171 e. The highest BCUT2D eigenvalue weighted by Crippen LogP contribution is 2.51. The Balaban J connectivity index is 2.18. The number of hydrogen-bond donors (Lipinski definition) is 0. The van der Waals surface area contributed by atoms with Gasteiger partial charge in [-0.3, -0.25) is 0 Å². The van der Waals surface area contributed by atoms with Gasteiger partial charge in [-0.15, -0.1) is 0 Å². The fourth-order valence-electron chi connectivity index (χ4n) is 4.46. The Morgan fingerprint density at radius 3 is 2.00 bits per heavy atom. The van der Waals surface area contributed by atoms with Gasteiger partial charge in [-0.2, -0.15) is 13.2 Å². The minimum absolute atomic E-state index is 0.117. The molecular weight excluding hydrogens is 237 g/mol. The van der Waals surface area contributed by atoms with Crippen LogP contribution in [-0.2, 0) is 0 Å². The summed E-state index contributed by atoms with van der Waals surface area (Å²) in [4.78, 5) is 0. The van der Waals surface area contributed by atoms with E-state index < -0.39 is 12.1 Å². The molecule has 2 fully saturated rings. The number of rotatable bonds is 1. The van der Waals surface area contributed by atoms with Crippen molar-refractivity contribution in [1.29, 1.82) is 0 Å². The van der Waals surface area contributed by atoms with Gasteiger partial charge >= 0.3 is 6.18 Å². The minimum atomic E-state index is -3.99. The van der Waals surface area contributed by atoms with E-state index in [1.165, 1.54) is 6.42 Å². The van der Waals surface area contributed by atoms with E-state index in [2.05, 4.69) is 6.92 Å². The number of halogens is 3. The highest BCUT2D eigenvalue weighted by molar-refractivity contribution is 4.91. The van der Waals surface area contributed by atoms with Crippen LogP contribution in [0, 0.1) is 29.6 Å². The summed E-state index contributed by atoms with van der Waals surface area (Å²) in [5.74, 6) is -0.119. The molecule has 5 unspecified atom stereocenters. The predicted molar refractivity (Wildman–Crippen MR) is 67.2 cm³/mol. The molecule has 2 aliphatic carbocycles. The van der Waals surface area contributed by atoms with E-state index in [-0.39, 0.29) is 11.8 Å². The molecular formula is C15H25F3. The van der Waals surface area contributed by atoms with Crippen LogP contribution in [0.3, 0.4) is 0 Å². The lowest BCUT2D eigenvalue weighted by Crippen LogP contribution is -2.43. The van der Waals surface area contributed by atoms with Crippen molar-refractivity contribution in [3.63, 3.8) is 0 Å². The van der Waals surface area contributed by atoms with Crippen molar-refractivity contribution in [1.82, 2.24) is 0 Å². The van der Waals surface area contributed by atoms with E-state index >= 15 is 0 Å². The molecule has 0 saturated heterocycles. The van der Waals surface area contributed by atoms with Crippen molar-refractivity contribution >= 4 is 0 Å². The van der Waals surface area contributed by atoms with Gasteiger partial charge in [0, 0.05) is 0 Å². The minimum Gasteiger partial charge on any atom is -0.171 e. The molecule has 18 heavy (non-hydrogen) atoms.